The minimum absolute atomic E-state index is 0.120. The summed E-state index contributed by atoms with van der Waals surface area (Å²) >= 11 is 0.968. The number of methoxy groups -OCH3 is 1. The van der Waals surface area contributed by atoms with Crippen molar-refractivity contribution in [3.63, 3.8) is 0 Å². The molecule has 0 saturated carbocycles. The SMILES string of the molecule is COC(=O)[C@H](C(C)C)N1CCCC[C@H](NC(=O)[C@H](Cc2ccccc2)SC(C)=O)C1=O. The van der Waals surface area contributed by atoms with E-state index in [2.05, 4.69) is 5.32 Å². The first-order valence-electron chi connectivity index (χ1n) is 10.6. The molecule has 3 atom stereocenters. The molecule has 1 aliphatic rings. The average molecular weight is 449 g/mol. The standard InChI is InChI=1S/C23H32N2O5S/c1-15(2)20(23(29)30-4)25-13-9-8-12-18(22(25)28)24-21(27)19(31-16(3)26)14-17-10-6-5-7-11-17/h5-7,10-11,15,18-20H,8-9,12-14H2,1-4H3,(H,24,27)/t18-,19-,20-/m0/s1. The topological polar surface area (TPSA) is 92.8 Å². The zero-order chi connectivity index (χ0) is 23.0. The van der Waals surface area contributed by atoms with Crippen LogP contribution in [0, 0.1) is 5.92 Å². The lowest BCUT2D eigenvalue weighted by atomic mass is 10.0. The highest BCUT2D eigenvalue weighted by Gasteiger charge is 2.38. The van der Waals surface area contributed by atoms with E-state index in [0.717, 1.165) is 30.2 Å². The van der Waals surface area contributed by atoms with E-state index in [1.165, 1.54) is 14.0 Å². The molecule has 8 heteroatoms. The van der Waals surface area contributed by atoms with E-state index in [4.69, 9.17) is 4.74 Å². The normalized spacial score (nSPS) is 18.8. The van der Waals surface area contributed by atoms with Crippen molar-refractivity contribution in [1.29, 1.82) is 0 Å². The summed E-state index contributed by atoms with van der Waals surface area (Å²) in [5, 5.41) is 2.07. The largest absolute Gasteiger partial charge is 0.467 e. The van der Waals surface area contributed by atoms with E-state index >= 15 is 0 Å². The van der Waals surface area contributed by atoms with Crippen LogP contribution in [-0.4, -0.2) is 58.8 Å². The summed E-state index contributed by atoms with van der Waals surface area (Å²) in [6.07, 6.45) is 2.38. The molecule has 0 spiro atoms. The van der Waals surface area contributed by atoms with Crippen LogP contribution in [0.3, 0.4) is 0 Å². The molecular formula is C23H32N2O5S. The van der Waals surface area contributed by atoms with E-state index in [1.54, 1.807) is 4.90 Å². The third-order valence-electron chi connectivity index (χ3n) is 5.31. The molecule has 1 aromatic carbocycles. The van der Waals surface area contributed by atoms with Crippen LogP contribution >= 0.6 is 11.8 Å². The van der Waals surface area contributed by atoms with Crippen LogP contribution in [0.2, 0.25) is 0 Å². The van der Waals surface area contributed by atoms with Gasteiger partial charge in [0.25, 0.3) is 0 Å². The molecule has 0 aromatic heterocycles. The van der Waals surface area contributed by atoms with Crippen molar-refractivity contribution in [3.8, 4) is 0 Å². The molecule has 2 amide bonds. The number of esters is 1. The first-order chi connectivity index (χ1) is 14.7. The maximum absolute atomic E-state index is 13.3. The summed E-state index contributed by atoms with van der Waals surface area (Å²) in [7, 11) is 1.31. The van der Waals surface area contributed by atoms with Crippen molar-refractivity contribution < 1.29 is 23.9 Å². The lowest BCUT2D eigenvalue weighted by Crippen LogP contribution is -2.55. The molecule has 1 aromatic rings. The summed E-state index contributed by atoms with van der Waals surface area (Å²) in [4.78, 5) is 52.0. The number of ether oxygens (including phenoxy) is 1. The molecule has 0 bridgehead atoms. The Hall–Kier alpha value is -2.35. The van der Waals surface area contributed by atoms with Gasteiger partial charge in [-0.3, -0.25) is 14.4 Å². The Morgan fingerprint density at radius 3 is 2.45 bits per heavy atom. The van der Waals surface area contributed by atoms with Crippen LogP contribution in [-0.2, 0) is 30.3 Å². The van der Waals surface area contributed by atoms with E-state index in [-0.39, 0.29) is 22.8 Å². The molecule has 170 valence electrons. The van der Waals surface area contributed by atoms with Crippen LogP contribution in [0.5, 0.6) is 0 Å². The molecule has 0 aliphatic carbocycles. The maximum atomic E-state index is 13.3. The highest BCUT2D eigenvalue weighted by Crippen LogP contribution is 2.22. The second-order valence-electron chi connectivity index (χ2n) is 8.09. The van der Waals surface area contributed by atoms with Gasteiger partial charge in [-0.05, 0) is 37.2 Å². The second kappa shape index (κ2) is 11.9. The number of hydrogen-bond acceptors (Lipinski definition) is 6. The van der Waals surface area contributed by atoms with Gasteiger partial charge in [-0.1, -0.05) is 55.9 Å². The quantitative estimate of drug-likeness (QED) is 0.615. The number of thioether (sulfide) groups is 1. The van der Waals surface area contributed by atoms with Gasteiger partial charge < -0.3 is 15.0 Å². The van der Waals surface area contributed by atoms with Gasteiger partial charge in [0, 0.05) is 13.5 Å². The van der Waals surface area contributed by atoms with Crippen LogP contribution in [0.4, 0.5) is 0 Å². The van der Waals surface area contributed by atoms with Crippen LogP contribution in [0.1, 0.15) is 45.6 Å². The fourth-order valence-electron chi connectivity index (χ4n) is 3.84. The zero-order valence-corrected chi connectivity index (χ0v) is 19.4. The van der Waals surface area contributed by atoms with Crippen LogP contribution < -0.4 is 5.32 Å². The number of nitrogens with zero attached hydrogens (tertiary/aromatic N) is 1. The van der Waals surface area contributed by atoms with E-state index < -0.39 is 23.3 Å². The number of hydrogen-bond donors (Lipinski definition) is 1. The summed E-state index contributed by atoms with van der Waals surface area (Å²) < 4.78 is 4.92. The van der Waals surface area contributed by atoms with E-state index in [1.807, 2.05) is 44.2 Å². The lowest BCUT2D eigenvalue weighted by molar-refractivity contribution is -0.155. The van der Waals surface area contributed by atoms with Gasteiger partial charge in [0.2, 0.25) is 11.8 Å². The molecule has 1 heterocycles. The van der Waals surface area contributed by atoms with Crippen molar-refractivity contribution in [2.45, 2.75) is 63.8 Å². The van der Waals surface area contributed by atoms with Gasteiger partial charge in [-0.25, -0.2) is 4.79 Å². The molecule has 0 radical (unpaired) electrons. The molecule has 31 heavy (non-hydrogen) atoms. The molecule has 0 unspecified atom stereocenters. The number of carbonyl (C=O) groups excluding carboxylic acids is 4. The number of rotatable bonds is 8. The van der Waals surface area contributed by atoms with E-state index in [9.17, 15) is 19.2 Å². The number of amides is 2. The average Bonchev–Trinajstić information content (AvgIpc) is 2.90. The fraction of sp³-hybridized carbons (Fsp3) is 0.565. The minimum Gasteiger partial charge on any atom is -0.467 e. The van der Waals surface area contributed by atoms with Crippen molar-refractivity contribution in [3.05, 3.63) is 35.9 Å². The molecule has 2 rings (SSSR count). The summed E-state index contributed by atoms with van der Waals surface area (Å²) in [6.45, 7) is 5.61. The summed E-state index contributed by atoms with van der Waals surface area (Å²) in [6, 6.07) is 8.05. The monoisotopic (exact) mass is 448 g/mol. The number of benzene rings is 1. The third-order valence-corrected chi connectivity index (χ3v) is 6.31. The Bertz CT molecular complexity index is 783. The predicted octanol–water partition coefficient (Wildman–Crippen LogP) is 2.57. The Labute approximate surface area is 188 Å². The number of likely N-dealkylation sites (tertiary alicyclic amines) is 1. The van der Waals surface area contributed by atoms with Crippen LogP contribution in [0.25, 0.3) is 0 Å². The molecule has 1 fully saturated rings. The Morgan fingerprint density at radius 2 is 1.87 bits per heavy atom. The molecule has 1 saturated heterocycles. The zero-order valence-electron chi connectivity index (χ0n) is 18.6. The van der Waals surface area contributed by atoms with Crippen molar-refractivity contribution in [1.82, 2.24) is 10.2 Å². The Balaban J connectivity index is 2.18. The van der Waals surface area contributed by atoms with Gasteiger partial charge >= 0.3 is 5.97 Å². The Kier molecular flexibility index (Phi) is 9.55. The van der Waals surface area contributed by atoms with Gasteiger partial charge in [-0.2, -0.15) is 0 Å². The minimum atomic E-state index is -0.730. The van der Waals surface area contributed by atoms with Crippen molar-refractivity contribution in [2.24, 2.45) is 5.92 Å². The molecule has 1 N–H and O–H groups in total. The second-order valence-corrected chi connectivity index (χ2v) is 9.47. The lowest BCUT2D eigenvalue weighted by Gasteiger charge is -2.33. The first kappa shape index (κ1) is 24.9. The Morgan fingerprint density at radius 1 is 1.19 bits per heavy atom. The van der Waals surface area contributed by atoms with Gasteiger partial charge in [-0.15, -0.1) is 0 Å². The summed E-state index contributed by atoms with van der Waals surface area (Å²) in [5.74, 6) is -1.20. The smallest absolute Gasteiger partial charge is 0.328 e. The molecule has 1 aliphatic heterocycles. The van der Waals surface area contributed by atoms with E-state index in [0.29, 0.717) is 19.4 Å². The van der Waals surface area contributed by atoms with Gasteiger partial charge in [0.05, 0.1) is 12.4 Å². The third kappa shape index (κ3) is 7.09. The molecular weight excluding hydrogens is 416 g/mol. The first-order valence-corrected chi connectivity index (χ1v) is 11.5. The number of nitrogens with one attached hydrogen (secondary N) is 1. The maximum Gasteiger partial charge on any atom is 0.328 e. The van der Waals surface area contributed by atoms with Gasteiger partial charge in [0.1, 0.15) is 12.1 Å². The van der Waals surface area contributed by atoms with Crippen LogP contribution in [0.15, 0.2) is 30.3 Å². The van der Waals surface area contributed by atoms with Crippen molar-refractivity contribution >= 4 is 34.7 Å². The highest BCUT2D eigenvalue weighted by molar-refractivity contribution is 8.14. The highest BCUT2D eigenvalue weighted by atomic mass is 32.2. The fourth-order valence-corrected chi connectivity index (χ4v) is 4.69. The molecule has 7 nitrogen and oxygen atoms in total. The van der Waals surface area contributed by atoms with Gasteiger partial charge in [0.15, 0.2) is 5.12 Å². The van der Waals surface area contributed by atoms with Crippen molar-refractivity contribution in [2.75, 3.05) is 13.7 Å². The predicted molar refractivity (Wildman–Crippen MR) is 120 cm³/mol. The number of carbonyl (C=O) groups is 4. The summed E-state index contributed by atoms with van der Waals surface area (Å²) in [5.41, 5.74) is 0.941.